The van der Waals surface area contributed by atoms with Crippen molar-refractivity contribution in [2.45, 2.75) is 6.92 Å². The number of amides is 3. The maximum atomic E-state index is 11.4. The molecule has 1 rings (SSSR count). The van der Waals surface area contributed by atoms with Crippen LogP contribution in [0.1, 0.15) is 6.92 Å². The van der Waals surface area contributed by atoms with Crippen LogP contribution in [-0.2, 0) is 4.79 Å². The Morgan fingerprint density at radius 2 is 2.05 bits per heavy atom. The number of nitrogens with zero attached hydrogens (tertiary/aromatic N) is 1. The zero-order chi connectivity index (χ0) is 14.6. The summed E-state index contributed by atoms with van der Waals surface area (Å²) in [6.07, 6.45) is 0. The van der Waals surface area contributed by atoms with Gasteiger partial charge in [0, 0.05) is 11.9 Å². The summed E-state index contributed by atoms with van der Waals surface area (Å²) >= 11 is 16.4. The lowest BCUT2D eigenvalue weighted by atomic mass is 10.3. The van der Waals surface area contributed by atoms with E-state index in [1.54, 1.807) is 0 Å². The molecule has 0 unspecified atom stereocenters. The number of nitrogens with one attached hydrogen (secondary N) is 1. The summed E-state index contributed by atoms with van der Waals surface area (Å²) < 4.78 is 0. The molecule has 0 saturated heterocycles. The third-order valence-electron chi connectivity index (χ3n) is 1.78. The Morgan fingerprint density at radius 3 is 2.53 bits per heavy atom. The Morgan fingerprint density at radius 1 is 1.42 bits per heavy atom. The van der Waals surface area contributed by atoms with Crippen molar-refractivity contribution in [3.05, 3.63) is 28.2 Å². The first-order valence-electron chi connectivity index (χ1n) is 4.85. The van der Waals surface area contributed by atoms with E-state index in [0.29, 0.717) is 10.1 Å². The minimum absolute atomic E-state index is 0.148. The number of rotatable bonds is 2. The second kappa shape index (κ2) is 6.55. The van der Waals surface area contributed by atoms with Crippen LogP contribution >= 0.6 is 35.4 Å². The highest BCUT2D eigenvalue weighted by molar-refractivity contribution is 7.80. The molecule has 0 fully saturated rings. The minimum Gasteiger partial charge on any atom is -0.368 e. The molecule has 0 radical (unpaired) electrons. The molecule has 6 nitrogen and oxygen atoms in total. The van der Waals surface area contributed by atoms with Gasteiger partial charge in [0.25, 0.3) is 5.91 Å². The molecular weight excluding hydrogens is 313 g/mol. The molecule has 0 aromatic heterocycles. The number of carbonyl (C=O) groups excluding carboxylic acids is 2. The number of urea groups is 1. The minimum atomic E-state index is -0.915. The Bertz CT molecular complexity index is 539. The maximum Gasteiger partial charge on any atom is 0.318 e. The topological polar surface area (TPSA) is 84.7 Å². The molecule has 0 heterocycles. The van der Waals surface area contributed by atoms with Gasteiger partial charge in [0.05, 0.1) is 5.02 Å². The first-order chi connectivity index (χ1) is 8.81. The lowest BCUT2D eigenvalue weighted by Crippen LogP contribution is -2.48. The van der Waals surface area contributed by atoms with Crippen molar-refractivity contribution in [2.24, 2.45) is 5.73 Å². The Hall–Kier alpha value is -1.57. The number of hydrogen-bond donors (Lipinski definition) is 2. The first-order valence-corrected chi connectivity index (χ1v) is 6.02. The fourth-order valence-corrected chi connectivity index (χ4v) is 1.76. The molecule has 0 bridgehead atoms. The average Bonchev–Trinajstić information content (AvgIpc) is 2.26. The van der Waals surface area contributed by atoms with Gasteiger partial charge in [-0.25, -0.2) is 4.79 Å². The second-order valence-corrected chi connectivity index (χ2v) is 4.50. The number of hydrogen-bond acceptors (Lipinski definition) is 4. The second-order valence-electron chi connectivity index (χ2n) is 3.27. The van der Waals surface area contributed by atoms with Crippen molar-refractivity contribution in [2.75, 3.05) is 0 Å². The lowest BCUT2D eigenvalue weighted by Gasteiger charge is -2.21. The van der Waals surface area contributed by atoms with E-state index in [0.717, 1.165) is 0 Å². The zero-order valence-corrected chi connectivity index (χ0v) is 12.0. The largest absolute Gasteiger partial charge is 0.368 e. The highest BCUT2D eigenvalue weighted by atomic mass is 35.5. The van der Waals surface area contributed by atoms with Crippen LogP contribution in [0.15, 0.2) is 18.2 Å². The van der Waals surface area contributed by atoms with Crippen molar-refractivity contribution in [1.82, 2.24) is 10.4 Å². The van der Waals surface area contributed by atoms with Crippen LogP contribution in [0.4, 0.5) is 4.79 Å². The molecule has 0 aliphatic heterocycles. The molecule has 0 atom stereocenters. The number of thiocarbonyl (C=S) groups is 1. The van der Waals surface area contributed by atoms with E-state index < -0.39 is 11.9 Å². The maximum absolute atomic E-state index is 11.4. The summed E-state index contributed by atoms with van der Waals surface area (Å²) in [4.78, 5) is 27.3. The Balaban J connectivity index is 2.93. The standard InChI is InChI=1S/C10H9Cl2N3O3S/c1-5(16)15(10(19)14-9(13)17)18-8-3-2-6(11)4-7(8)12/h2-4H,1H3,(H3,13,14,17,19). The smallest absolute Gasteiger partial charge is 0.318 e. The van der Waals surface area contributed by atoms with Gasteiger partial charge in [-0.05, 0) is 30.4 Å². The van der Waals surface area contributed by atoms with E-state index in [1.165, 1.54) is 25.1 Å². The van der Waals surface area contributed by atoms with E-state index in [9.17, 15) is 9.59 Å². The molecule has 19 heavy (non-hydrogen) atoms. The van der Waals surface area contributed by atoms with Gasteiger partial charge in [-0.3, -0.25) is 10.1 Å². The molecule has 9 heteroatoms. The average molecular weight is 322 g/mol. The highest BCUT2D eigenvalue weighted by Crippen LogP contribution is 2.28. The third-order valence-corrected chi connectivity index (χ3v) is 2.58. The number of halogens is 2. The lowest BCUT2D eigenvalue weighted by molar-refractivity contribution is -0.141. The molecule has 3 N–H and O–H groups in total. The summed E-state index contributed by atoms with van der Waals surface area (Å²) in [6, 6.07) is 3.49. The van der Waals surface area contributed by atoms with E-state index in [4.69, 9.17) is 46.0 Å². The molecule has 0 saturated carbocycles. The third kappa shape index (κ3) is 4.55. The highest BCUT2D eigenvalue weighted by Gasteiger charge is 2.19. The SMILES string of the molecule is CC(=O)N(Oc1ccc(Cl)cc1Cl)C(=S)NC(N)=O. The zero-order valence-electron chi connectivity index (χ0n) is 9.65. The van der Waals surface area contributed by atoms with Gasteiger partial charge in [-0.2, -0.15) is 0 Å². The van der Waals surface area contributed by atoms with Crippen molar-refractivity contribution in [3.63, 3.8) is 0 Å². The van der Waals surface area contributed by atoms with Crippen LogP contribution in [0.25, 0.3) is 0 Å². The van der Waals surface area contributed by atoms with Crippen LogP contribution in [0.3, 0.4) is 0 Å². The molecular formula is C10H9Cl2N3O3S. The van der Waals surface area contributed by atoms with E-state index in [1.807, 2.05) is 0 Å². The van der Waals surface area contributed by atoms with Crippen molar-refractivity contribution in [3.8, 4) is 5.75 Å². The Labute approximate surface area is 124 Å². The van der Waals surface area contributed by atoms with Gasteiger partial charge in [-0.1, -0.05) is 23.2 Å². The molecule has 1 aromatic rings. The number of hydroxylamine groups is 2. The van der Waals surface area contributed by atoms with Gasteiger partial charge >= 0.3 is 6.03 Å². The van der Waals surface area contributed by atoms with Gasteiger partial charge in [0.2, 0.25) is 5.11 Å². The van der Waals surface area contributed by atoms with Gasteiger partial charge in [0.15, 0.2) is 5.75 Å². The van der Waals surface area contributed by atoms with Crippen LogP contribution in [0, 0.1) is 0 Å². The number of carbonyl (C=O) groups is 2. The summed E-state index contributed by atoms with van der Waals surface area (Å²) in [5.74, 6) is -0.417. The molecule has 0 aliphatic carbocycles. The van der Waals surface area contributed by atoms with E-state index in [2.05, 4.69) is 5.32 Å². The van der Waals surface area contributed by atoms with Crippen LogP contribution in [0.5, 0.6) is 5.75 Å². The molecule has 1 aromatic carbocycles. The predicted octanol–water partition coefficient (Wildman–Crippen LogP) is 2.09. The Kier molecular flexibility index (Phi) is 5.34. The predicted molar refractivity (Wildman–Crippen MR) is 74.9 cm³/mol. The van der Waals surface area contributed by atoms with Gasteiger partial charge in [0.1, 0.15) is 0 Å². The van der Waals surface area contributed by atoms with Crippen molar-refractivity contribution < 1.29 is 14.4 Å². The van der Waals surface area contributed by atoms with Crippen molar-refractivity contribution in [1.29, 1.82) is 0 Å². The summed E-state index contributed by atoms with van der Waals surface area (Å²) in [5.41, 5.74) is 4.90. The molecule has 102 valence electrons. The first kappa shape index (κ1) is 15.5. The molecule has 3 amide bonds. The monoisotopic (exact) mass is 321 g/mol. The normalized spacial score (nSPS) is 9.63. The van der Waals surface area contributed by atoms with Crippen LogP contribution < -0.4 is 15.9 Å². The summed E-state index contributed by atoms with van der Waals surface area (Å²) in [6.45, 7) is 1.19. The fraction of sp³-hybridized carbons (Fsp3) is 0.100. The number of benzene rings is 1. The summed E-state index contributed by atoms with van der Waals surface area (Å²) in [5, 5.41) is 3.02. The van der Waals surface area contributed by atoms with Crippen LogP contribution in [0.2, 0.25) is 10.0 Å². The van der Waals surface area contributed by atoms with Crippen molar-refractivity contribution >= 4 is 52.5 Å². The molecule has 0 spiro atoms. The number of nitrogens with two attached hydrogens (primary N) is 1. The van der Waals surface area contributed by atoms with Crippen LogP contribution in [-0.4, -0.2) is 22.1 Å². The van der Waals surface area contributed by atoms with Gasteiger partial charge < -0.3 is 10.6 Å². The summed E-state index contributed by atoms with van der Waals surface area (Å²) in [7, 11) is 0. The quantitative estimate of drug-likeness (QED) is 0.645. The molecule has 0 aliphatic rings. The van der Waals surface area contributed by atoms with Gasteiger partial charge in [-0.15, -0.1) is 5.06 Å². The van der Waals surface area contributed by atoms with E-state index >= 15 is 0 Å². The van der Waals surface area contributed by atoms with E-state index in [-0.39, 0.29) is 15.9 Å². The number of primary amides is 1. The fourth-order valence-electron chi connectivity index (χ4n) is 1.05.